The maximum atomic E-state index is 12.5. The van der Waals surface area contributed by atoms with Gasteiger partial charge in [-0.3, -0.25) is 4.79 Å². The predicted octanol–water partition coefficient (Wildman–Crippen LogP) is 8.08. The van der Waals surface area contributed by atoms with Crippen molar-refractivity contribution in [3.05, 3.63) is 59.2 Å². The summed E-state index contributed by atoms with van der Waals surface area (Å²) in [4.78, 5) is 14.5. The Labute approximate surface area is 200 Å². The number of carbonyl (C=O) groups is 1. The molecule has 0 bridgehead atoms. The lowest BCUT2D eigenvalue weighted by atomic mass is 9.81. The summed E-state index contributed by atoms with van der Waals surface area (Å²) in [6.07, 6.45) is 14.4. The van der Waals surface area contributed by atoms with Crippen LogP contribution in [-0.4, -0.2) is 11.9 Å². The van der Waals surface area contributed by atoms with E-state index < -0.39 is 0 Å². The van der Waals surface area contributed by atoms with Crippen LogP contribution in [-0.2, 0) is 4.79 Å². The zero-order chi connectivity index (χ0) is 22.8. The third-order valence-corrected chi connectivity index (χ3v) is 8.45. The lowest BCUT2D eigenvalue weighted by molar-refractivity contribution is -0.117. The van der Waals surface area contributed by atoms with Crippen LogP contribution in [0.15, 0.2) is 42.5 Å². The largest absolute Gasteiger partial charge is 0.378 e. The molecule has 2 atom stereocenters. The average Bonchev–Trinajstić information content (AvgIpc) is 2.85. The molecule has 0 unspecified atom stereocenters. The van der Waals surface area contributed by atoms with Crippen LogP contribution in [0.5, 0.6) is 0 Å². The van der Waals surface area contributed by atoms with Crippen molar-refractivity contribution in [1.29, 1.82) is 0 Å². The number of nitrogens with zero attached hydrogens (tertiary/aromatic N) is 1. The zero-order valence-electron chi connectivity index (χ0n) is 20.5. The standard InChI is InChI=1S/C30H40N2O/c1-21-19-29(31-27-16-13-25(14-17-27)23-9-5-3-6-10-23)28-20-26(24-11-7-4-8-12-24)15-18-30(28)32(21)22(2)33/h13-18,20-21,23-24,29,31H,3-12,19H2,1-2H3/t21-,29+/m1/s1. The number of rotatable bonds is 4. The predicted molar refractivity (Wildman–Crippen MR) is 138 cm³/mol. The molecule has 1 heterocycles. The van der Waals surface area contributed by atoms with Gasteiger partial charge in [-0.25, -0.2) is 0 Å². The number of hydrogen-bond donors (Lipinski definition) is 1. The van der Waals surface area contributed by atoms with Crippen LogP contribution in [0.25, 0.3) is 0 Å². The molecular weight excluding hydrogens is 404 g/mol. The van der Waals surface area contributed by atoms with Gasteiger partial charge in [0.2, 0.25) is 5.91 Å². The Morgan fingerprint density at radius 1 is 0.818 bits per heavy atom. The Morgan fingerprint density at radius 3 is 2.00 bits per heavy atom. The Balaban J connectivity index is 1.41. The van der Waals surface area contributed by atoms with Gasteiger partial charge in [-0.2, -0.15) is 0 Å². The van der Waals surface area contributed by atoms with Crippen molar-refractivity contribution in [3.63, 3.8) is 0 Å². The van der Waals surface area contributed by atoms with Gasteiger partial charge in [0.15, 0.2) is 0 Å². The molecule has 33 heavy (non-hydrogen) atoms. The highest BCUT2D eigenvalue weighted by molar-refractivity contribution is 5.93. The molecule has 3 aliphatic rings. The Bertz CT molecular complexity index is 954. The average molecular weight is 445 g/mol. The second kappa shape index (κ2) is 9.91. The topological polar surface area (TPSA) is 32.3 Å². The van der Waals surface area contributed by atoms with Crippen LogP contribution in [0.4, 0.5) is 11.4 Å². The number of fused-ring (bicyclic) bond motifs is 1. The summed E-state index contributed by atoms with van der Waals surface area (Å²) in [6, 6.07) is 16.6. The highest BCUT2D eigenvalue weighted by Gasteiger charge is 2.33. The van der Waals surface area contributed by atoms with Crippen LogP contribution in [0.1, 0.15) is 119 Å². The number of nitrogens with one attached hydrogen (secondary N) is 1. The second-order valence-corrected chi connectivity index (χ2v) is 10.8. The van der Waals surface area contributed by atoms with E-state index in [0.717, 1.165) is 18.0 Å². The molecule has 2 fully saturated rings. The first kappa shape index (κ1) is 22.5. The van der Waals surface area contributed by atoms with E-state index >= 15 is 0 Å². The van der Waals surface area contributed by atoms with Crippen molar-refractivity contribution >= 4 is 17.3 Å². The number of carbonyl (C=O) groups excluding carboxylic acids is 1. The molecule has 2 aromatic rings. The van der Waals surface area contributed by atoms with E-state index in [0.29, 0.717) is 5.92 Å². The van der Waals surface area contributed by atoms with E-state index in [1.54, 1.807) is 6.92 Å². The molecule has 1 amide bonds. The van der Waals surface area contributed by atoms with E-state index in [2.05, 4.69) is 54.7 Å². The molecule has 176 valence electrons. The van der Waals surface area contributed by atoms with Crippen molar-refractivity contribution in [2.24, 2.45) is 0 Å². The van der Waals surface area contributed by atoms with Gasteiger partial charge in [-0.1, -0.05) is 62.8 Å². The van der Waals surface area contributed by atoms with Crippen molar-refractivity contribution in [2.75, 3.05) is 10.2 Å². The molecule has 2 saturated carbocycles. The molecule has 0 radical (unpaired) electrons. The minimum absolute atomic E-state index is 0.143. The maximum Gasteiger partial charge on any atom is 0.224 e. The number of hydrogen-bond acceptors (Lipinski definition) is 2. The first-order valence-corrected chi connectivity index (χ1v) is 13.4. The molecular formula is C30H40N2O. The second-order valence-electron chi connectivity index (χ2n) is 10.8. The third kappa shape index (κ3) is 4.83. The fraction of sp³-hybridized carbons (Fsp3) is 0.567. The van der Waals surface area contributed by atoms with E-state index in [4.69, 9.17) is 0 Å². The van der Waals surface area contributed by atoms with Gasteiger partial charge in [0.25, 0.3) is 0 Å². The lowest BCUT2D eigenvalue weighted by Crippen LogP contribution is -2.43. The minimum Gasteiger partial charge on any atom is -0.378 e. The highest BCUT2D eigenvalue weighted by atomic mass is 16.2. The maximum absolute atomic E-state index is 12.5. The summed E-state index contributed by atoms with van der Waals surface area (Å²) in [5.41, 5.74) is 6.54. The molecule has 0 spiro atoms. The molecule has 2 aromatic carbocycles. The van der Waals surface area contributed by atoms with E-state index in [-0.39, 0.29) is 18.0 Å². The van der Waals surface area contributed by atoms with Crippen LogP contribution in [0.3, 0.4) is 0 Å². The van der Waals surface area contributed by atoms with E-state index in [1.807, 2.05) is 4.90 Å². The van der Waals surface area contributed by atoms with Crippen molar-refractivity contribution < 1.29 is 4.79 Å². The van der Waals surface area contributed by atoms with Gasteiger partial charge < -0.3 is 10.2 Å². The van der Waals surface area contributed by atoms with Gasteiger partial charge in [-0.15, -0.1) is 0 Å². The van der Waals surface area contributed by atoms with Gasteiger partial charge >= 0.3 is 0 Å². The molecule has 1 N–H and O–H groups in total. The van der Waals surface area contributed by atoms with Crippen molar-refractivity contribution in [3.8, 4) is 0 Å². The number of amides is 1. The molecule has 3 nitrogen and oxygen atoms in total. The first-order valence-electron chi connectivity index (χ1n) is 13.4. The smallest absolute Gasteiger partial charge is 0.224 e. The summed E-state index contributed by atoms with van der Waals surface area (Å²) in [5, 5.41) is 3.85. The molecule has 3 heteroatoms. The Hall–Kier alpha value is -2.29. The van der Waals surface area contributed by atoms with Crippen LogP contribution in [0.2, 0.25) is 0 Å². The third-order valence-electron chi connectivity index (χ3n) is 8.45. The quantitative estimate of drug-likeness (QED) is 0.517. The summed E-state index contributed by atoms with van der Waals surface area (Å²) < 4.78 is 0. The molecule has 2 aliphatic carbocycles. The highest BCUT2D eigenvalue weighted by Crippen LogP contribution is 2.42. The Kier molecular flexibility index (Phi) is 6.76. The molecule has 0 saturated heterocycles. The fourth-order valence-electron chi connectivity index (χ4n) is 6.68. The summed E-state index contributed by atoms with van der Waals surface area (Å²) in [6.45, 7) is 3.88. The normalized spacial score (nSPS) is 24.4. The first-order chi connectivity index (χ1) is 16.1. The van der Waals surface area contributed by atoms with Crippen molar-refractivity contribution in [2.45, 2.75) is 108 Å². The van der Waals surface area contributed by atoms with E-state index in [9.17, 15) is 4.79 Å². The van der Waals surface area contributed by atoms with Gasteiger partial charge in [0.05, 0.1) is 6.04 Å². The number of benzene rings is 2. The molecule has 1 aliphatic heterocycles. The lowest BCUT2D eigenvalue weighted by Gasteiger charge is -2.40. The fourth-order valence-corrected chi connectivity index (χ4v) is 6.68. The van der Waals surface area contributed by atoms with Gasteiger partial charge in [0.1, 0.15) is 0 Å². The minimum atomic E-state index is 0.143. The van der Waals surface area contributed by atoms with Crippen LogP contribution < -0.4 is 10.2 Å². The SMILES string of the molecule is CC(=O)N1c2ccc(C3CCCCC3)cc2[C@@H](Nc2ccc(C3CCCCC3)cc2)C[C@H]1C. The zero-order valence-corrected chi connectivity index (χ0v) is 20.5. The van der Waals surface area contributed by atoms with Crippen LogP contribution in [0, 0.1) is 0 Å². The van der Waals surface area contributed by atoms with Crippen LogP contribution >= 0.6 is 0 Å². The summed E-state index contributed by atoms with van der Waals surface area (Å²) in [5.74, 6) is 1.56. The molecule has 0 aromatic heterocycles. The van der Waals surface area contributed by atoms with Gasteiger partial charge in [0, 0.05) is 24.3 Å². The summed E-state index contributed by atoms with van der Waals surface area (Å²) >= 11 is 0. The van der Waals surface area contributed by atoms with Crippen molar-refractivity contribution in [1.82, 2.24) is 0 Å². The summed E-state index contributed by atoms with van der Waals surface area (Å²) in [7, 11) is 0. The monoisotopic (exact) mass is 444 g/mol. The number of anilines is 2. The van der Waals surface area contributed by atoms with Gasteiger partial charge in [-0.05, 0) is 85.8 Å². The van der Waals surface area contributed by atoms with E-state index in [1.165, 1.54) is 86.6 Å². The molecule has 5 rings (SSSR count). The Morgan fingerprint density at radius 2 is 1.39 bits per heavy atom.